The Morgan fingerprint density at radius 3 is 2.85 bits per heavy atom. The first kappa shape index (κ1) is 14.0. The fourth-order valence-corrected chi connectivity index (χ4v) is 3.48. The normalized spacial score (nSPS) is 30.3. The molecule has 3 atom stereocenters. The highest BCUT2D eigenvalue weighted by Gasteiger charge is 2.27. The summed E-state index contributed by atoms with van der Waals surface area (Å²) in [5.74, 6) is 3.03. The minimum Gasteiger partial charge on any atom is -0.338 e. The molecule has 0 aromatic carbocycles. The first-order chi connectivity index (χ1) is 9.74. The fourth-order valence-electron chi connectivity index (χ4n) is 3.48. The summed E-state index contributed by atoms with van der Waals surface area (Å²) in [5, 5.41) is 7.64. The van der Waals surface area contributed by atoms with Crippen molar-refractivity contribution in [3.63, 3.8) is 0 Å². The number of hydrogen-bond donors (Lipinski definition) is 1. The molecule has 5 heteroatoms. The largest absolute Gasteiger partial charge is 0.338 e. The van der Waals surface area contributed by atoms with Gasteiger partial charge in [-0.05, 0) is 25.7 Å². The highest BCUT2D eigenvalue weighted by atomic mass is 16.5. The molecule has 0 spiro atoms. The average Bonchev–Trinajstić information content (AvgIpc) is 2.97. The zero-order valence-corrected chi connectivity index (χ0v) is 12.6. The van der Waals surface area contributed by atoms with Crippen molar-refractivity contribution < 1.29 is 4.52 Å². The van der Waals surface area contributed by atoms with Crippen molar-refractivity contribution in [2.24, 2.45) is 5.92 Å². The van der Waals surface area contributed by atoms with Gasteiger partial charge in [-0.3, -0.25) is 4.90 Å². The predicted molar refractivity (Wildman–Crippen MR) is 77.5 cm³/mol. The molecule has 1 aromatic heterocycles. The lowest BCUT2D eigenvalue weighted by molar-refractivity contribution is 0.154. The van der Waals surface area contributed by atoms with Crippen LogP contribution in [0.3, 0.4) is 0 Å². The smallest absolute Gasteiger partial charge is 0.243 e. The molecule has 0 amide bonds. The lowest BCUT2D eigenvalue weighted by atomic mass is 9.82. The highest BCUT2D eigenvalue weighted by molar-refractivity contribution is 5.00. The van der Waals surface area contributed by atoms with Crippen LogP contribution in [0.1, 0.15) is 63.2 Å². The summed E-state index contributed by atoms with van der Waals surface area (Å²) in [6.45, 7) is 8.71. The molecule has 112 valence electrons. The van der Waals surface area contributed by atoms with Crippen molar-refractivity contribution in [1.82, 2.24) is 20.4 Å². The second-order valence-corrected chi connectivity index (χ2v) is 6.42. The Labute approximate surface area is 121 Å². The number of hydrogen-bond acceptors (Lipinski definition) is 5. The van der Waals surface area contributed by atoms with Crippen LogP contribution in [-0.2, 0) is 0 Å². The molecule has 1 aromatic rings. The number of rotatable bonds is 3. The van der Waals surface area contributed by atoms with E-state index in [1.807, 2.05) is 0 Å². The Hall–Kier alpha value is -0.940. The molecule has 3 rings (SSSR count). The van der Waals surface area contributed by atoms with E-state index in [-0.39, 0.29) is 6.04 Å². The summed E-state index contributed by atoms with van der Waals surface area (Å²) in [7, 11) is 0. The van der Waals surface area contributed by atoms with Gasteiger partial charge in [0.2, 0.25) is 5.89 Å². The van der Waals surface area contributed by atoms with Crippen LogP contribution in [0.5, 0.6) is 0 Å². The van der Waals surface area contributed by atoms with Gasteiger partial charge in [-0.25, -0.2) is 0 Å². The summed E-state index contributed by atoms with van der Waals surface area (Å²) in [6, 6.07) is 0.236. The van der Waals surface area contributed by atoms with E-state index in [9.17, 15) is 0 Å². The molecule has 1 saturated heterocycles. The van der Waals surface area contributed by atoms with Crippen LogP contribution in [0.2, 0.25) is 0 Å². The Morgan fingerprint density at radius 1 is 1.30 bits per heavy atom. The average molecular weight is 278 g/mol. The Balaban J connectivity index is 1.66. The van der Waals surface area contributed by atoms with Gasteiger partial charge in [-0.2, -0.15) is 4.98 Å². The van der Waals surface area contributed by atoms with E-state index in [1.165, 1.54) is 25.7 Å². The van der Waals surface area contributed by atoms with E-state index < -0.39 is 0 Å². The molecule has 1 N–H and O–H groups in total. The van der Waals surface area contributed by atoms with E-state index in [1.54, 1.807) is 0 Å². The number of nitrogens with zero attached hydrogens (tertiary/aromatic N) is 3. The van der Waals surface area contributed by atoms with Crippen LogP contribution >= 0.6 is 0 Å². The van der Waals surface area contributed by atoms with E-state index in [0.717, 1.165) is 43.8 Å². The number of piperazine rings is 1. The second-order valence-electron chi connectivity index (χ2n) is 6.42. The first-order valence-electron chi connectivity index (χ1n) is 8.02. The molecule has 3 unspecified atom stereocenters. The van der Waals surface area contributed by atoms with Gasteiger partial charge >= 0.3 is 0 Å². The molecule has 5 nitrogen and oxygen atoms in total. The maximum Gasteiger partial charge on any atom is 0.243 e. The van der Waals surface area contributed by atoms with Crippen molar-refractivity contribution in [2.45, 2.75) is 51.5 Å². The molecule has 20 heavy (non-hydrogen) atoms. The Morgan fingerprint density at radius 2 is 2.10 bits per heavy atom. The summed E-state index contributed by atoms with van der Waals surface area (Å²) in [6.07, 6.45) is 5.06. The molecule has 1 aliphatic heterocycles. The van der Waals surface area contributed by atoms with Crippen LogP contribution in [0.15, 0.2) is 4.52 Å². The Bertz CT molecular complexity index is 427. The predicted octanol–water partition coefficient (Wildman–Crippen LogP) is 2.33. The third-order valence-corrected chi connectivity index (χ3v) is 4.82. The van der Waals surface area contributed by atoms with Gasteiger partial charge in [0.25, 0.3) is 0 Å². The summed E-state index contributed by atoms with van der Waals surface area (Å²) in [5.41, 5.74) is 0. The van der Waals surface area contributed by atoms with Gasteiger partial charge in [0.05, 0.1) is 6.04 Å². The first-order valence-corrected chi connectivity index (χ1v) is 8.02. The molecule has 0 radical (unpaired) electrons. The third-order valence-electron chi connectivity index (χ3n) is 4.82. The zero-order chi connectivity index (χ0) is 13.9. The van der Waals surface area contributed by atoms with Gasteiger partial charge in [0.1, 0.15) is 0 Å². The van der Waals surface area contributed by atoms with Gasteiger partial charge in [0.15, 0.2) is 5.82 Å². The molecule has 1 saturated carbocycles. The van der Waals surface area contributed by atoms with E-state index in [0.29, 0.717) is 5.92 Å². The SMILES string of the molecule is CC1CCCC(c2noc(C(C)N3CCNCC3)n2)C1. The van der Waals surface area contributed by atoms with Gasteiger partial charge in [0, 0.05) is 32.1 Å². The monoisotopic (exact) mass is 278 g/mol. The maximum absolute atomic E-state index is 5.54. The maximum atomic E-state index is 5.54. The molecule has 1 aliphatic carbocycles. The summed E-state index contributed by atoms with van der Waals surface area (Å²) < 4.78 is 5.54. The lowest BCUT2D eigenvalue weighted by Crippen LogP contribution is -2.44. The fraction of sp³-hybridized carbons (Fsp3) is 0.867. The third kappa shape index (κ3) is 3.04. The number of aromatic nitrogens is 2. The van der Waals surface area contributed by atoms with Crippen LogP contribution in [0.4, 0.5) is 0 Å². The quantitative estimate of drug-likeness (QED) is 0.919. The summed E-state index contributed by atoms with van der Waals surface area (Å²) in [4.78, 5) is 7.12. The van der Waals surface area contributed by atoms with E-state index in [2.05, 4.69) is 29.2 Å². The molecule has 2 heterocycles. The zero-order valence-electron chi connectivity index (χ0n) is 12.6. The Kier molecular flexibility index (Phi) is 4.36. The highest BCUT2D eigenvalue weighted by Crippen LogP contribution is 2.35. The lowest BCUT2D eigenvalue weighted by Gasteiger charge is -2.30. The van der Waals surface area contributed by atoms with E-state index in [4.69, 9.17) is 9.51 Å². The van der Waals surface area contributed by atoms with Crippen molar-refractivity contribution in [3.8, 4) is 0 Å². The minimum atomic E-state index is 0.236. The number of nitrogens with one attached hydrogen (secondary N) is 1. The van der Waals surface area contributed by atoms with Crippen molar-refractivity contribution in [1.29, 1.82) is 0 Å². The standard InChI is InChI=1S/C15H26N4O/c1-11-4-3-5-13(10-11)14-17-15(20-18-14)12(2)19-8-6-16-7-9-19/h11-13,16H,3-10H2,1-2H3. The van der Waals surface area contributed by atoms with Crippen LogP contribution in [0, 0.1) is 5.92 Å². The van der Waals surface area contributed by atoms with Crippen LogP contribution in [0.25, 0.3) is 0 Å². The molecular weight excluding hydrogens is 252 g/mol. The van der Waals surface area contributed by atoms with Crippen LogP contribution < -0.4 is 5.32 Å². The molecule has 2 aliphatic rings. The topological polar surface area (TPSA) is 54.2 Å². The van der Waals surface area contributed by atoms with Gasteiger partial charge in [-0.15, -0.1) is 0 Å². The molecule has 2 fully saturated rings. The van der Waals surface area contributed by atoms with Crippen LogP contribution in [-0.4, -0.2) is 41.2 Å². The second kappa shape index (κ2) is 6.22. The molecule has 0 bridgehead atoms. The minimum absolute atomic E-state index is 0.236. The molecular formula is C15H26N4O. The van der Waals surface area contributed by atoms with Crippen molar-refractivity contribution >= 4 is 0 Å². The van der Waals surface area contributed by atoms with Crippen molar-refractivity contribution in [2.75, 3.05) is 26.2 Å². The summed E-state index contributed by atoms with van der Waals surface area (Å²) >= 11 is 0. The van der Waals surface area contributed by atoms with E-state index >= 15 is 0 Å². The van der Waals surface area contributed by atoms with Gasteiger partial charge < -0.3 is 9.84 Å². The van der Waals surface area contributed by atoms with Crippen molar-refractivity contribution in [3.05, 3.63) is 11.7 Å². The van der Waals surface area contributed by atoms with Gasteiger partial charge in [-0.1, -0.05) is 24.9 Å².